The molecule has 0 radical (unpaired) electrons. The summed E-state index contributed by atoms with van der Waals surface area (Å²) in [5.41, 5.74) is 0.396. The van der Waals surface area contributed by atoms with Gasteiger partial charge >= 0.3 is 5.97 Å². The molecule has 0 aromatic carbocycles. The van der Waals surface area contributed by atoms with Crippen molar-refractivity contribution < 1.29 is 9.53 Å². The predicted molar refractivity (Wildman–Crippen MR) is 88.2 cm³/mol. The van der Waals surface area contributed by atoms with E-state index in [1.807, 2.05) is 0 Å². The fourth-order valence-corrected chi connectivity index (χ4v) is 3.42. The lowest BCUT2D eigenvalue weighted by atomic mass is 9.76. The number of hydrogen-bond acceptors (Lipinski definition) is 3. The second-order valence-corrected chi connectivity index (χ2v) is 7.82. The molecule has 0 heterocycles. The number of rotatable bonds is 5. The quantitative estimate of drug-likeness (QED) is 0.611. The number of ether oxygens (including phenoxy) is 1. The molecule has 0 aliphatic heterocycles. The van der Waals surface area contributed by atoms with E-state index in [-0.39, 0.29) is 12.0 Å². The molecule has 0 bridgehead atoms. The van der Waals surface area contributed by atoms with Gasteiger partial charge in [0.15, 0.2) is 0 Å². The van der Waals surface area contributed by atoms with Gasteiger partial charge in [0.25, 0.3) is 0 Å². The summed E-state index contributed by atoms with van der Waals surface area (Å²) in [6.07, 6.45) is 7.17. The van der Waals surface area contributed by atoms with Crippen LogP contribution >= 0.6 is 0 Å². The fraction of sp³-hybridized carbons (Fsp3) is 0.944. The Morgan fingerprint density at radius 1 is 1.24 bits per heavy atom. The highest BCUT2D eigenvalue weighted by atomic mass is 16.5. The van der Waals surface area contributed by atoms with Gasteiger partial charge in [-0.25, -0.2) is 0 Å². The van der Waals surface area contributed by atoms with Gasteiger partial charge in [-0.05, 0) is 42.9 Å². The van der Waals surface area contributed by atoms with E-state index in [2.05, 4.69) is 39.9 Å². The highest BCUT2D eigenvalue weighted by molar-refractivity contribution is 5.76. The minimum Gasteiger partial charge on any atom is -0.468 e. The summed E-state index contributed by atoms with van der Waals surface area (Å²) in [6.45, 7) is 11.3. The van der Waals surface area contributed by atoms with Crippen molar-refractivity contribution in [1.29, 1.82) is 0 Å². The van der Waals surface area contributed by atoms with Gasteiger partial charge in [0.1, 0.15) is 6.04 Å². The Balaban J connectivity index is 2.62. The van der Waals surface area contributed by atoms with Crippen molar-refractivity contribution in [1.82, 2.24) is 5.32 Å². The van der Waals surface area contributed by atoms with Crippen molar-refractivity contribution in [2.75, 3.05) is 7.11 Å². The maximum atomic E-state index is 12.0. The predicted octanol–water partition coefficient (Wildman–Crippen LogP) is 4.16. The van der Waals surface area contributed by atoms with Crippen LogP contribution in [0.1, 0.15) is 73.1 Å². The lowest BCUT2D eigenvalue weighted by Crippen LogP contribution is -2.47. The zero-order valence-electron chi connectivity index (χ0n) is 14.9. The van der Waals surface area contributed by atoms with Gasteiger partial charge in [0, 0.05) is 6.04 Å². The van der Waals surface area contributed by atoms with Crippen molar-refractivity contribution in [2.45, 2.75) is 85.2 Å². The first kappa shape index (κ1) is 18.5. The first-order valence-corrected chi connectivity index (χ1v) is 8.63. The molecule has 1 rings (SSSR count). The molecule has 0 amide bonds. The van der Waals surface area contributed by atoms with Gasteiger partial charge in [-0.15, -0.1) is 0 Å². The first-order valence-electron chi connectivity index (χ1n) is 8.63. The lowest BCUT2D eigenvalue weighted by Gasteiger charge is -2.30. The average Bonchev–Trinajstić information content (AvgIpc) is 2.68. The van der Waals surface area contributed by atoms with Gasteiger partial charge in [-0.2, -0.15) is 0 Å². The Bertz CT molecular complexity index is 322. The lowest BCUT2D eigenvalue weighted by molar-refractivity contribution is -0.144. The average molecular weight is 297 g/mol. The van der Waals surface area contributed by atoms with Crippen molar-refractivity contribution >= 4 is 5.97 Å². The molecule has 0 aromatic heterocycles. The van der Waals surface area contributed by atoms with Crippen LogP contribution in [0.15, 0.2) is 0 Å². The molecule has 3 nitrogen and oxygen atoms in total. The monoisotopic (exact) mass is 297 g/mol. The van der Waals surface area contributed by atoms with Gasteiger partial charge in [-0.1, -0.05) is 47.5 Å². The highest BCUT2D eigenvalue weighted by Gasteiger charge is 2.31. The molecular weight excluding hydrogens is 262 g/mol. The van der Waals surface area contributed by atoms with E-state index in [1.165, 1.54) is 39.2 Å². The summed E-state index contributed by atoms with van der Waals surface area (Å²) in [7, 11) is 1.49. The number of hydrogen-bond donors (Lipinski definition) is 1. The van der Waals surface area contributed by atoms with E-state index in [9.17, 15) is 4.79 Å². The molecule has 3 heteroatoms. The van der Waals surface area contributed by atoms with Crippen molar-refractivity contribution in [3.05, 3.63) is 0 Å². The summed E-state index contributed by atoms with van der Waals surface area (Å²) in [6, 6.07) is 0.298. The molecule has 1 saturated carbocycles. The van der Waals surface area contributed by atoms with E-state index < -0.39 is 0 Å². The molecule has 0 saturated heterocycles. The van der Waals surface area contributed by atoms with Crippen LogP contribution in [0.25, 0.3) is 0 Å². The van der Waals surface area contributed by atoms with Crippen LogP contribution in [0.4, 0.5) is 0 Å². The zero-order chi connectivity index (χ0) is 16.0. The Kier molecular flexibility index (Phi) is 7.19. The van der Waals surface area contributed by atoms with E-state index in [4.69, 9.17) is 4.74 Å². The van der Waals surface area contributed by atoms with Gasteiger partial charge < -0.3 is 10.1 Å². The second kappa shape index (κ2) is 8.17. The molecule has 1 fully saturated rings. The van der Waals surface area contributed by atoms with Crippen molar-refractivity contribution in [3.8, 4) is 0 Å². The molecule has 1 aliphatic carbocycles. The van der Waals surface area contributed by atoms with Gasteiger partial charge in [0.05, 0.1) is 7.11 Å². The van der Waals surface area contributed by atoms with Gasteiger partial charge in [0.2, 0.25) is 0 Å². The summed E-state index contributed by atoms with van der Waals surface area (Å²) < 4.78 is 4.98. The minimum absolute atomic E-state index is 0.110. The van der Waals surface area contributed by atoms with E-state index in [0.717, 1.165) is 12.3 Å². The standard InChI is InChI=1S/C18H35NO2/c1-7-13(2)16(17(20)21-6)19-15-10-8-9-14(11-12-15)18(3,4)5/h13-16,19H,7-12H2,1-6H3. The second-order valence-electron chi connectivity index (χ2n) is 7.82. The molecule has 124 valence electrons. The smallest absolute Gasteiger partial charge is 0.323 e. The third-order valence-electron chi connectivity index (χ3n) is 5.28. The number of carbonyl (C=O) groups excluding carboxylic acids is 1. The topological polar surface area (TPSA) is 38.3 Å². The Labute approximate surface area is 131 Å². The molecule has 4 unspecified atom stereocenters. The van der Waals surface area contributed by atoms with Gasteiger partial charge in [-0.3, -0.25) is 4.79 Å². The van der Waals surface area contributed by atoms with E-state index in [0.29, 0.717) is 17.4 Å². The normalized spacial score (nSPS) is 26.8. The molecule has 21 heavy (non-hydrogen) atoms. The van der Waals surface area contributed by atoms with Crippen LogP contribution in [0.2, 0.25) is 0 Å². The molecule has 4 atom stereocenters. The number of esters is 1. The Hall–Kier alpha value is -0.570. The zero-order valence-corrected chi connectivity index (χ0v) is 14.9. The minimum atomic E-state index is -0.156. The Morgan fingerprint density at radius 2 is 1.90 bits per heavy atom. The summed E-state index contributed by atoms with van der Waals surface area (Å²) in [5, 5.41) is 3.59. The Morgan fingerprint density at radius 3 is 2.43 bits per heavy atom. The summed E-state index contributed by atoms with van der Waals surface area (Å²) >= 11 is 0. The third kappa shape index (κ3) is 5.61. The largest absolute Gasteiger partial charge is 0.468 e. The van der Waals surface area contributed by atoms with Crippen LogP contribution in [-0.2, 0) is 9.53 Å². The first-order chi connectivity index (χ1) is 9.79. The SMILES string of the molecule is CCC(C)C(NC1CCCC(C(C)(C)C)CC1)C(=O)OC. The maximum absolute atomic E-state index is 12.0. The van der Waals surface area contributed by atoms with Crippen LogP contribution in [-0.4, -0.2) is 25.2 Å². The summed E-state index contributed by atoms with van der Waals surface area (Å²) in [5.74, 6) is 1.00. The maximum Gasteiger partial charge on any atom is 0.323 e. The molecule has 1 N–H and O–H groups in total. The highest BCUT2D eigenvalue weighted by Crippen LogP contribution is 2.37. The summed E-state index contributed by atoms with van der Waals surface area (Å²) in [4.78, 5) is 12.0. The van der Waals surface area contributed by atoms with Crippen LogP contribution in [0.5, 0.6) is 0 Å². The van der Waals surface area contributed by atoms with Crippen molar-refractivity contribution in [3.63, 3.8) is 0 Å². The van der Waals surface area contributed by atoms with Crippen molar-refractivity contribution in [2.24, 2.45) is 17.3 Å². The van der Waals surface area contributed by atoms with Crippen LogP contribution < -0.4 is 5.32 Å². The fourth-order valence-electron chi connectivity index (χ4n) is 3.42. The van der Waals surface area contributed by atoms with Crippen LogP contribution in [0, 0.1) is 17.3 Å². The molecular formula is C18H35NO2. The van der Waals surface area contributed by atoms with Crippen LogP contribution in [0.3, 0.4) is 0 Å². The molecule has 0 spiro atoms. The number of nitrogens with one attached hydrogen (secondary N) is 1. The number of methoxy groups -OCH3 is 1. The van der Waals surface area contributed by atoms with E-state index in [1.54, 1.807) is 0 Å². The third-order valence-corrected chi connectivity index (χ3v) is 5.28. The number of carbonyl (C=O) groups is 1. The molecule has 0 aromatic rings. The molecule has 1 aliphatic rings. The van der Waals surface area contributed by atoms with E-state index >= 15 is 0 Å².